The molecule has 2 heterocycles. The van der Waals surface area contributed by atoms with Crippen molar-refractivity contribution >= 4 is 5.91 Å². The quantitative estimate of drug-likeness (QED) is 0.486. The van der Waals surface area contributed by atoms with E-state index in [2.05, 4.69) is 15.4 Å². The lowest BCUT2D eigenvalue weighted by atomic mass is 10.2. The fourth-order valence-electron chi connectivity index (χ4n) is 3.13. The van der Waals surface area contributed by atoms with Crippen molar-refractivity contribution in [1.29, 1.82) is 0 Å². The Labute approximate surface area is 185 Å². The van der Waals surface area contributed by atoms with Crippen molar-refractivity contribution in [3.63, 3.8) is 0 Å². The number of nitrogens with zero attached hydrogens (tertiary/aromatic N) is 4. The zero-order valence-electron chi connectivity index (χ0n) is 17.1. The molecule has 4 rings (SSSR count). The number of aromatic nitrogens is 4. The van der Waals surface area contributed by atoms with E-state index in [1.54, 1.807) is 30.5 Å². The summed E-state index contributed by atoms with van der Waals surface area (Å²) in [6.07, 6.45) is 1.54. The zero-order valence-corrected chi connectivity index (χ0v) is 17.1. The van der Waals surface area contributed by atoms with E-state index >= 15 is 0 Å². The molecule has 0 spiro atoms. The minimum Gasteiger partial charge on any atom is -0.345 e. The molecule has 0 saturated carbocycles. The van der Waals surface area contributed by atoms with Crippen molar-refractivity contribution in [2.75, 3.05) is 0 Å². The van der Waals surface area contributed by atoms with Crippen LogP contribution in [-0.2, 0) is 13.1 Å². The molecule has 0 saturated heterocycles. The molecule has 0 bridgehead atoms. The van der Waals surface area contributed by atoms with Crippen LogP contribution < -0.4 is 16.6 Å². The van der Waals surface area contributed by atoms with Crippen molar-refractivity contribution in [2.24, 2.45) is 0 Å². The van der Waals surface area contributed by atoms with E-state index in [1.807, 2.05) is 0 Å². The first-order valence-electron chi connectivity index (χ1n) is 9.86. The second-order valence-electron chi connectivity index (χ2n) is 6.98. The van der Waals surface area contributed by atoms with Crippen molar-refractivity contribution in [3.8, 4) is 5.69 Å². The predicted octanol–water partition coefficient (Wildman–Crippen LogP) is 2.05. The summed E-state index contributed by atoms with van der Waals surface area (Å²) in [5, 5.41) is 6.36. The van der Waals surface area contributed by atoms with Gasteiger partial charge >= 0.3 is 5.69 Å². The van der Waals surface area contributed by atoms with Gasteiger partial charge in [-0.25, -0.2) is 13.6 Å². The van der Waals surface area contributed by atoms with Crippen LogP contribution in [0.2, 0.25) is 0 Å². The number of benzene rings is 2. The first-order valence-corrected chi connectivity index (χ1v) is 9.86. The minimum absolute atomic E-state index is 0.00701. The standard InChI is InChI=1S/C23H17F2N5O3/c24-17-9-2-1-7-15(17)14-29-22(32)20(21(31)27-13-16-8-5-6-12-26-16)28-30(23(29)33)19-11-4-3-10-18(19)25/h1-12H,13-14H2,(H,27,31). The molecule has 33 heavy (non-hydrogen) atoms. The van der Waals surface area contributed by atoms with Gasteiger partial charge in [-0.05, 0) is 30.3 Å². The summed E-state index contributed by atoms with van der Waals surface area (Å²) in [7, 11) is 0. The monoisotopic (exact) mass is 449 g/mol. The average molecular weight is 449 g/mol. The third kappa shape index (κ3) is 4.59. The lowest BCUT2D eigenvalue weighted by Crippen LogP contribution is -2.46. The Balaban J connectivity index is 1.82. The van der Waals surface area contributed by atoms with Gasteiger partial charge < -0.3 is 5.32 Å². The van der Waals surface area contributed by atoms with Gasteiger partial charge in [-0.3, -0.25) is 19.1 Å². The summed E-state index contributed by atoms with van der Waals surface area (Å²) >= 11 is 0. The molecule has 0 radical (unpaired) electrons. The molecule has 1 N–H and O–H groups in total. The first-order chi connectivity index (χ1) is 16.0. The second-order valence-corrected chi connectivity index (χ2v) is 6.98. The van der Waals surface area contributed by atoms with Crippen LogP contribution in [0.3, 0.4) is 0 Å². The first kappa shape index (κ1) is 21.8. The van der Waals surface area contributed by atoms with E-state index in [1.165, 1.54) is 36.4 Å². The lowest BCUT2D eigenvalue weighted by molar-refractivity contribution is 0.0940. The van der Waals surface area contributed by atoms with Crippen molar-refractivity contribution in [2.45, 2.75) is 13.1 Å². The number of nitrogens with one attached hydrogen (secondary N) is 1. The molecular weight excluding hydrogens is 432 g/mol. The molecular formula is C23H17F2N5O3. The molecule has 0 aliphatic carbocycles. The Hall–Kier alpha value is -4.47. The normalized spacial score (nSPS) is 10.7. The minimum atomic E-state index is -1.03. The smallest absolute Gasteiger partial charge is 0.345 e. The molecule has 0 aliphatic rings. The largest absolute Gasteiger partial charge is 0.352 e. The zero-order chi connectivity index (χ0) is 23.4. The summed E-state index contributed by atoms with van der Waals surface area (Å²) in [5.41, 5.74) is -2.39. The van der Waals surface area contributed by atoms with Crippen molar-refractivity contribution in [3.05, 3.63) is 122 Å². The fourth-order valence-corrected chi connectivity index (χ4v) is 3.13. The number of hydrogen-bond donors (Lipinski definition) is 1. The highest BCUT2D eigenvalue weighted by atomic mass is 19.1. The molecule has 0 unspecified atom stereocenters. The molecule has 8 nitrogen and oxygen atoms in total. The van der Waals surface area contributed by atoms with Crippen molar-refractivity contribution in [1.82, 2.24) is 24.6 Å². The van der Waals surface area contributed by atoms with Crippen molar-refractivity contribution < 1.29 is 13.6 Å². The van der Waals surface area contributed by atoms with Gasteiger partial charge in [-0.1, -0.05) is 36.4 Å². The average Bonchev–Trinajstić information content (AvgIpc) is 2.83. The molecule has 4 aromatic rings. The Morgan fingerprint density at radius 3 is 2.30 bits per heavy atom. The van der Waals surface area contributed by atoms with E-state index in [9.17, 15) is 23.2 Å². The number of halogens is 2. The summed E-state index contributed by atoms with van der Waals surface area (Å²) in [4.78, 5) is 42.9. The van der Waals surface area contributed by atoms with Crippen LogP contribution in [0.25, 0.3) is 5.69 Å². The highest BCUT2D eigenvalue weighted by molar-refractivity contribution is 5.91. The third-order valence-electron chi connectivity index (χ3n) is 4.80. The molecule has 166 valence electrons. The van der Waals surface area contributed by atoms with Crippen LogP contribution in [0.1, 0.15) is 21.7 Å². The van der Waals surface area contributed by atoms with Gasteiger partial charge in [0.25, 0.3) is 11.5 Å². The maximum Gasteiger partial charge on any atom is 0.352 e. The van der Waals surface area contributed by atoms with E-state index in [0.717, 1.165) is 6.07 Å². The van der Waals surface area contributed by atoms with E-state index < -0.39 is 41.0 Å². The van der Waals surface area contributed by atoms with E-state index in [-0.39, 0.29) is 17.8 Å². The maximum absolute atomic E-state index is 14.4. The number of pyridine rings is 1. The summed E-state index contributed by atoms with van der Waals surface area (Å²) in [6.45, 7) is -0.477. The number of carbonyl (C=O) groups is 1. The topological polar surface area (TPSA) is 98.9 Å². The number of hydrogen-bond acceptors (Lipinski definition) is 5. The third-order valence-corrected chi connectivity index (χ3v) is 4.80. The van der Waals surface area contributed by atoms with Crippen LogP contribution in [-0.4, -0.2) is 25.2 Å². The second kappa shape index (κ2) is 9.35. The molecule has 0 fully saturated rings. The Morgan fingerprint density at radius 1 is 0.909 bits per heavy atom. The number of rotatable bonds is 6. The van der Waals surface area contributed by atoms with Crippen LogP contribution in [0.4, 0.5) is 8.78 Å². The van der Waals surface area contributed by atoms with Gasteiger partial charge in [-0.15, -0.1) is 0 Å². The summed E-state index contributed by atoms with van der Waals surface area (Å²) in [5.74, 6) is -2.32. The van der Waals surface area contributed by atoms with Crippen LogP contribution in [0.5, 0.6) is 0 Å². The molecule has 10 heteroatoms. The SMILES string of the molecule is O=C(NCc1ccccn1)c1nn(-c2ccccc2F)c(=O)n(Cc2ccccc2F)c1=O. The molecule has 0 aliphatic heterocycles. The van der Waals surface area contributed by atoms with Crippen LogP contribution >= 0.6 is 0 Å². The van der Waals surface area contributed by atoms with Gasteiger partial charge in [0, 0.05) is 11.8 Å². The van der Waals surface area contributed by atoms with Gasteiger partial charge in [0.2, 0.25) is 5.69 Å². The van der Waals surface area contributed by atoms with Gasteiger partial charge in [0.05, 0.1) is 18.8 Å². The highest BCUT2D eigenvalue weighted by Crippen LogP contribution is 2.10. The Morgan fingerprint density at radius 2 is 1.61 bits per heavy atom. The molecule has 0 atom stereocenters. The Kier molecular flexibility index (Phi) is 6.16. The molecule has 1 amide bonds. The molecule has 2 aromatic heterocycles. The fraction of sp³-hybridized carbons (Fsp3) is 0.0870. The number of para-hydroxylation sites is 1. The van der Waals surface area contributed by atoms with Crippen LogP contribution in [0.15, 0.2) is 82.5 Å². The summed E-state index contributed by atoms with van der Waals surface area (Å²) < 4.78 is 29.9. The van der Waals surface area contributed by atoms with Gasteiger partial charge in [-0.2, -0.15) is 9.78 Å². The van der Waals surface area contributed by atoms with Gasteiger partial charge in [0.15, 0.2) is 0 Å². The lowest BCUT2D eigenvalue weighted by Gasteiger charge is -2.13. The van der Waals surface area contributed by atoms with Gasteiger partial charge in [0.1, 0.15) is 17.3 Å². The molecule has 2 aromatic carbocycles. The number of amides is 1. The highest BCUT2D eigenvalue weighted by Gasteiger charge is 2.22. The van der Waals surface area contributed by atoms with E-state index in [0.29, 0.717) is 14.9 Å². The van der Waals surface area contributed by atoms with Crippen LogP contribution in [0, 0.1) is 11.6 Å². The number of carbonyl (C=O) groups excluding carboxylic acids is 1. The summed E-state index contributed by atoms with van der Waals surface area (Å²) in [6, 6.07) is 16.0. The van der Waals surface area contributed by atoms with E-state index in [4.69, 9.17) is 0 Å². The maximum atomic E-state index is 14.4. The Bertz CT molecular complexity index is 1430. The predicted molar refractivity (Wildman–Crippen MR) is 115 cm³/mol.